The van der Waals surface area contributed by atoms with Gasteiger partial charge in [-0.2, -0.15) is 0 Å². The molecule has 0 spiro atoms. The van der Waals surface area contributed by atoms with Crippen LogP contribution in [0.25, 0.3) is 10.2 Å². The summed E-state index contributed by atoms with van der Waals surface area (Å²) < 4.78 is 6.52. The lowest BCUT2D eigenvalue weighted by Crippen LogP contribution is -2.33. The third kappa shape index (κ3) is 2.31. The van der Waals surface area contributed by atoms with Gasteiger partial charge in [-0.1, -0.05) is 22.9 Å². The van der Waals surface area contributed by atoms with E-state index in [-0.39, 0.29) is 12.1 Å². The Labute approximate surface area is 114 Å². The lowest BCUT2D eigenvalue weighted by molar-refractivity contribution is 0.111. The molecule has 2 aromatic rings. The predicted molar refractivity (Wildman–Crippen MR) is 75.7 cm³/mol. The Balaban J connectivity index is 1.82. The van der Waals surface area contributed by atoms with Crippen molar-refractivity contribution in [3.63, 3.8) is 0 Å². The SMILES string of the molecule is CO[C@H]1CNC[C@@H]1Nc1nc2ccc(Cl)cc2s1. The van der Waals surface area contributed by atoms with Crippen molar-refractivity contribution in [1.29, 1.82) is 0 Å². The van der Waals surface area contributed by atoms with Crippen LogP contribution >= 0.6 is 22.9 Å². The van der Waals surface area contributed by atoms with Gasteiger partial charge in [0.25, 0.3) is 0 Å². The molecule has 1 aromatic heterocycles. The van der Waals surface area contributed by atoms with Gasteiger partial charge in [0.05, 0.1) is 22.4 Å². The molecule has 0 aliphatic carbocycles. The van der Waals surface area contributed by atoms with Gasteiger partial charge in [-0.15, -0.1) is 0 Å². The van der Waals surface area contributed by atoms with Crippen LogP contribution in [-0.2, 0) is 4.74 Å². The molecule has 1 aliphatic rings. The maximum absolute atomic E-state index is 5.97. The van der Waals surface area contributed by atoms with E-state index in [4.69, 9.17) is 16.3 Å². The van der Waals surface area contributed by atoms with E-state index in [9.17, 15) is 0 Å². The number of hydrogen-bond acceptors (Lipinski definition) is 5. The second-order valence-corrected chi connectivity index (χ2v) is 5.78. The Morgan fingerprint density at radius 2 is 2.39 bits per heavy atom. The van der Waals surface area contributed by atoms with Gasteiger partial charge in [-0.3, -0.25) is 0 Å². The third-order valence-electron chi connectivity index (χ3n) is 3.12. The molecule has 0 saturated carbocycles. The van der Waals surface area contributed by atoms with Gasteiger partial charge in [0.2, 0.25) is 0 Å². The first-order valence-electron chi connectivity index (χ1n) is 5.82. The van der Waals surface area contributed by atoms with E-state index < -0.39 is 0 Å². The lowest BCUT2D eigenvalue weighted by atomic mass is 10.2. The highest BCUT2D eigenvalue weighted by Gasteiger charge is 2.27. The Kier molecular flexibility index (Phi) is 3.39. The first-order chi connectivity index (χ1) is 8.76. The van der Waals surface area contributed by atoms with Crippen molar-refractivity contribution in [3.8, 4) is 0 Å². The van der Waals surface area contributed by atoms with Gasteiger partial charge in [0.15, 0.2) is 5.13 Å². The molecule has 1 saturated heterocycles. The van der Waals surface area contributed by atoms with Crippen molar-refractivity contribution in [3.05, 3.63) is 23.2 Å². The molecule has 2 atom stereocenters. The van der Waals surface area contributed by atoms with Gasteiger partial charge in [0.1, 0.15) is 0 Å². The number of hydrogen-bond donors (Lipinski definition) is 2. The minimum absolute atomic E-state index is 0.195. The van der Waals surface area contributed by atoms with Gasteiger partial charge >= 0.3 is 0 Å². The van der Waals surface area contributed by atoms with Crippen LogP contribution in [0.5, 0.6) is 0 Å². The monoisotopic (exact) mass is 283 g/mol. The molecular weight excluding hydrogens is 270 g/mol. The van der Waals surface area contributed by atoms with Gasteiger partial charge in [-0.05, 0) is 18.2 Å². The summed E-state index contributed by atoms with van der Waals surface area (Å²) in [5, 5.41) is 8.40. The van der Waals surface area contributed by atoms with Crippen molar-refractivity contribution in [2.75, 3.05) is 25.5 Å². The fraction of sp³-hybridized carbons (Fsp3) is 0.417. The molecule has 0 amide bonds. The molecule has 6 heteroatoms. The Morgan fingerprint density at radius 1 is 1.50 bits per heavy atom. The summed E-state index contributed by atoms with van der Waals surface area (Å²) in [4.78, 5) is 4.55. The summed E-state index contributed by atoms with van der Waals surface area (Å²) in [5.74, 6) is 0. The van der Waals surface area contributed by atoms with E-state index in [0.717, 1.165) is 33.5 Å². The highest BCUT2D eigenvalue weighted by molar-refractivity contribution is 7.22. The molecule has 2 heterocycles. The van der Waals surface area contributed by atoms with Gasteiger partial charge < -0.3 is 15.4 Å². The zero-order valence-corrected chi connectivity index (χ0v) is 11.5. The number of rotatable bonds is 3. The zero-order chi connectivity index (χ0) is 12.5. The summed E-state index contributed by atoms with van der Waals surface area (Å²) in [6.07, 6.45) is 0.195. The van der Waals surface area contributed by atoms with Gasteiger partial charge in [0, 0.05) is 25.2 Å². The van der Waals surface area contributed by atoms with Crippen LogP contribution in [0.15, 0.2) is 18.2 Å². The number of nitrogens with zero attached hydrogens (tertiary/aromatic N) is 1. The molecule has 2 N–H and O–H groups in total. The molecule has 3 rings (SSSR count). The summed E-state index contributed by atoms with van der Waals surface area (Å²) in [5.41, 5.74) is 0.979. The second-order valence-electron chi connectivity index (χ2n) is 4.31. The fourth-order valence-electron chi connectivity index (χ4n) is 2.17. The fourth-order valence-corrected chi connectivity index (χ4v) is 3.37. The number of fused-ring (bicyclic) bond motifs is 1. The summed E-state index contributed by atoms with van der Waals surface area (Å²) >= 11 is 7.59. The largest absolute Gasteiger partial charge is 0.378 e. The van der Waals surface area contributed by atoms with E-state index in [1.165, 1.54) is 0 Å². The van der Waals surface area contributed by atoms with Crippen molar-refractivity contribution in [1.82, 2.24) is 10.3 Å². The van der Waals surface area contributed by atoms with E-state index >= 15 is 0 Å². The van der Waals surface area contributed by atoms with E-state index in [2.05, 4.69) is 15.6 Å². The molecule has 0 unspecified atom stereocenters. The minimum atomic E-state index is 0.195. The molecule has 18 heavy (non-hydrogen) atoms. The standard InChI is InChI=1S/C12H14ClN3OS/c1-17-10-6-14-5-9(10)16-12-15-8-3-2-7(13)4-11(8)18-12/h2-4,9-10,14H,5-6H2,1H3,(H,15,16)/t9-,10-/m0/s1. The van der Waals surface area contributed by atoms with Crippen LogP contribution in [-0.4, -0.2) is 37.3 Å². The molecular formula is C12H14ClN3OS. The maximum Gasteiger partial charge on any atom is 0.184 e. The number of aromatic nitrogens is 1. The van der Waals surface area contributed by atoms with Crippen LogP contribution in [0, 0.1) is 0 Å². The number of nitrogens with one attached hydrogen (secondary N) is 2. The molecule has 0 radical (unpaired) electrons. The first-order valence-corrected chi connectivity index (χ1v) is 7.02. The van der Waals surface area contributed by atoms with Crippen LogP contribution < -0.4 is 10.6 Å². The number of halogens is 1. The van der Waals surface area contributed by atoms with E-state index in [0.29, 0.717) is 0 Å². The number of thiazole rings is 1. The topological polar surface area (TPSA) is 46.2 Å². The molecule has 1 aliphatic heterocycles. The van der Waals surface area contributed by atoms with E-state index in [1.807, 2.05) is 18.2 Å². The van der Waals surface area contributed by atoms with Gasteiger partial charge in [-0.25, -0.2) is 4.98 Å². The number of benzene rings is 1. The number of ether oxygens (including phenoxy) is 1. The van der Waals surface area contributed by atoms with Crippen molar-refractivity contribution < 1.29 is 4.74 Å². The molecule has 96 valence electrons. The van der Waals surface area contributed by atoms with Crippen molar-refractivity contribution in [2.45, 2.75) is 12.1 Å². The summed E-state index contributed by atoms with van der Waals surface area (Å²) in [6, 6.07) is 6.02. The smallest absolute Gasteiger partial charge is 0.184 e. The highest BCUT2D eigenvalue weighted by Crippen LogP contribution is 2.29. The average Bonchev–Trinajstić information content (AvgIpc) is 2.94. The van der Waals surface area contributed by atoms with Crippen LogP contribution in [0.4, 0.5) is 5.13 Å². The molecule has 1 aromatic carbocycles. The van der Waals surface area contributed by atoms with Crippen LogP contribution in [0.2, 0.25) is 5.02 Å². The molecule has 1 fully saturated rings. The van der Waals surface area contributed by atoms with Crippen molar-refractivity contribution >= 4 is 38.3 Å². The normalized spacial score (nSPS) is 23.7. The Bertz CT molecular complexity index is 559. The highest BCUT2D eigenvalue weighted by atomic mass is 35.5. The average molecular weight is 284 g/mol. The number of anilines is 1. The quantitative estimate of drug-likeness (QED) is 0.908. The Morgan fingerprint density at radius 3 is 3.22 bits per heavy atom. The Hall–Kier alpha value is -0.880. The van der Waals surface area contributed by atoms with Crippen molar-refractivity contribution in [2.24, 2.45) is 0 Å². The lowest BCUT2D eigenvalue weighted by Gasteiger charge is -2.17. The number of methoxy groups -OCH3 is 1. The zero-order valence-electron chi connectivity index (χ0n) is 9.94. The summed E-state index contributed by atoms with van der Waals surface area (Å²) in [6.45, 7) is 1.78. The molecule has 0 bridgehead atoms. The van der Waals surface area contributed by atoms with Crippen LogP contribution in [0.1, 0.15) is 0 Å². The minimum Gasteiger partial charge on any atom is -0.378 e. The molecule has 4 nitrogen and oxygen atoms in total. The third-order valence-corrected chi connectivity index (χ3v) is 4.31. The predicted octanol–water partition coefficient (Wildman–Crippen LogP) is 2.35. The van der Waals surface area contributed by atoms with Crippen LogP contribution in [0.3, 0.4) is 0 Å². The second kappa shape index (κ2) is 5.01. The maximum atomic E-state index is 5.97. The first kappa shape index (κ1) is 12.2. The van der Waals surface area contributed by atoms with E-state index in [1.54, 1.807) is 18.4 Å². The summed E-state index contributed by atoms with van der Waals surface area (Å²) in [7, 11) is 1.74.